The molecule has 1 unspecified atom stereocenters. The zero-order valence-corrected chi connectivity index (χ0v) is 12.7. The first-order valence-corrected chi connectivity index (χ1v) is 7.68. The van der Waals surface area contributed by atoms with Gasteiger partial charge in [-0.05, 0) is 50.2 Å². The number of anilines is 1. The Hall–Kier alpha value is -1.81. The zero-order chi connectivity index (χ0) is 15.0. The van der Waals surface area contributed by atoms with Gasteiger partial charge in [-0.1, -0.05) is 18.2 Å². The summed E-state index contributed by atoms with van der Waals surface area (Å²) >= 11 is 0. The predicted molar refractivity (Wildman–Crippen MR) is 87.4 cm³/mol. The summed E-state index contributed by atoms with van der Waals surface area (Å²) in [6.45, 7) is 7.33. The fourth-order valence-corrected chi connectivity index (χ4v) is 3.24. The average molecular weight is 285 g/mol. The summed E-state index contributed by atoms with van der Waals surface area (Å²) in [5, 5.41) is 1.68. The summed E-state index contributed by atoms with van der Waals surface area (Å²) in [5.74, 6) is 1.08. The Bertz CT molecular complexity index is 705. The van der Waals surface area contributed by atoms with E-state index in [0.717, 1.165) is 36.8 Å². The average Bonchev–Trinajstić information content (AvgIpc) is 2.92. The van der Waals surface area contributed by atoms with E-state index >= 15 is 0 Å². The molecule has 2 heterocycles. The summed E-state index contributed by atoms with van der Waals surface area (Å²) in [5.41, 5.74) is 6.15. The highest BCUT2D eigenvalue weighted by molar-refractivity contribution is 5.83. The number of hydrogen-bond acceptors (Lipinski definition) is 3. The molecule has 2 aromatic rings. The summed E-state index contributed by atoms with van der Waals surface area (Å²) in [4.78, 5) is 15.1. The molecule has 0 saturated carbocycles. The minimum absolute atomic E-state index is 0.0357. The van der Waals surface area contributed by atoms with Crippen molar-refractivity contribution < 1.29 is 0 Å². The first-order chi connectivity index (χ1) is 10.1. The van der Waals surface area contributed by atoms with Crippen LogP contribution in [-0.2, 0) is 6.54 Å². The Kier molecular flexibility index (Phi) is 3.72. The molecule has 4 heteroatoms. The third-order valence-electron chi connectivity index (χ3n) is 4.54. The van der Waals surface area contributed by atoms with Gasteiger partial charge in [-0.3, -0.25) is 9.36 Å². The number of pyridine rings is 1. The topological polar surface area (TPSA) is 51.3 Å². The maximum atomic E-state index is 12.6. The minimum Gasteiger partial charge on any atom is -0.385 e. The van der Waals surface area contributed by atoms with Crippen molar-refractivity contribution in [1.82, 2.24) is 9.47 Å². The van der Waals surface area contributed by atoms with Crippen LogP contribution in [0.1, 0.15) is 20.3 Å². The number of rotatable bonds is 3. The molecule has 1 saturated heterocycles. The smallest absolute Gasteiger partial charge is 0.259 e. The Morgan fingerprint density at radius 2 is 2.10 bits per heavy atom. The van der Waals surface area contributed by atoms with E-state index in [-0.39, 0.29) is 5.56 Å². The maximum absolute atomic E-state index is 12.6. The van der Waals surface area contributed by atoms with Crippen molar-refractivity contribution in [3.05, 3.63) is 40.7 Å². The van der Waals surface area contributed by atoms with Gasteiger partial charge in [-0.15, -0.1) is 0 Å². The van der Waals surface area contributed by atoms with Gasteiger partial charge >= 0.3 is 0 Å². The molecule has 3 rings (SSSR count). The summed E-state index contributed by atoms with van der Waals surface area (Å²) < 4.78 is 1.75. The monoisotopic (exact) mass is 285 g/mol. The van der Waals surface area contributed by atoms with Gasteiger partial charge in [-0.2, -0.15) is 0 Å². The van der Waals surface area contributed by atoms with Crippen LogP contribution in [0, 0.1) is 5.92 Å². The lowest BCUT2D eigenvalue weighted by Crippen LogP contribution is -2.31. The normalized spacial score (nSPS) is 19.7. The number of fused-ring (bicyclic) bond motifs is 1. The summed E-state index contributed by atoms with van der Waals surface area (Å²) in [7, 11) is 0. The molecule has 21 heavy (non-hydrogen) atoms. The van der Waals surface area contributed by atoms with Gasteiger partial charge in [0.1, 0.15) is 5.82 Å². The van der Waals surface area contributed by atoms with E-state index < -0.39 is 0 Å². The predicted octanol–water partition coefficient (Wildman–Crippen LogP) is 2.31. The van der Waals surface area contributed by atoms with Gasteiger partial charge in [0.15, 0.2) is 0 Å². The van der Waals surface area contributed by atoms with Crippen LogP contribution in [-0.4, -0.2) is 28.6 Å². The fourth-order valence-electron chi connectivity index (χ4n) is 3.24. The lowest BCUT2D eigenvalue weighted by molar-refractivity contribution is 0.260. The molecular formula is C17H23N3O. The molecule has 1 aromatic heterocycles. The largest absolute Gasteiger partial charge is 0.385 e. The zero-order valence-electron chi connectivity index (χ0n) is 12.7. The highest BCUT2D eigenvalue weighted by atomic mass is 16.1. The molecule has 1 aliphatic rings. The molecule has 0 bridgehead atoms. The standard InChI is InChI=1S/C17H23N3O/c1-12(2)19-8-7-13(10-19)11-20-16(18)9-14-5-3-4-6-15(14)17(20)21/h3-6,9,12-13H,7-8,10-11,18H2,1-2H3. The van der Waals surface area contributed by atoms with E-state index in [2.05, 4.69) is 18.7 Å². The van der Waals surface area contributed by atoms with Crippen LogP contribution in [0.15, 0.2) is 35.1 Å². The minimum atomic E-state index is 0.0357. The Morgan fingerprint density at radius 3 is 2.81 bits per heavy atom. The quantitative estimate of drug-likeness (QED) is 0.941. The van der Waals surface area contributed by atoms with E-state index in [1.807, 2.05) is 30.3 Å². The summed E-state index contributed by atoms with van der Waals surface area (Å²) in [6.07, 6.45) is 1.14. The second-order valence-corrected chi connectivity index (χ2v) is 6.32. The van der Waals surface area contributed by atoms with Crippen molar-refractivity contribution in [2.24, 2.45) is 5.92 Å². The summed E-state index contributed by atoms with van der Waals surface area (Å²) in [6, 6.07) is 10.1. The highest BCUT2D eigenvalue weighted by Crippen LogP contribution is 2.21. The molecule has 1 aliphatic heterocycles. The molecule has 112 valence electrons. The van der Waals surface area contributed by atoms with Gasteiger partial charge in [0, 0.05) is 24.5 Å². The molecule has 4 nitrogen and oxygen atoms in total. The van der Waals surface area contributed by atoms with E-state index in [0.29, 0.717) is 17.8 Å². The van der Waals surface area contributed by atoms with Crippen molar-refractivity contribution in [2.75, 3.05) is 18.8 Å². The lowest BCUT2D eigenvalue weighted by atomic mass is 10.1. The van der Waals surface area contributed by atoms with E-state index in [4.69, 9.17) is 5.73 Å². The number of nitrogens with zero attached hydrogens (tertiary/aromatic N) is 2. The van der Waals surface area contributed by atoms with Crippen LogP contribution in [0.2, 0.25) is 0 Å². The van der Waals surface area contributed by atoms with Crippen LogP contribution in [0.25, 0.3) is 10.8 Å². The number of hydrogen-bond donors (Lipinski definition) is 1. The van der Waals surface area contributed by atoms with Crippen molar-refractivity contribution in [2.45, 2.75) is 32.9 Å². The molecule has 0 aliphatic carbocycles. The molecule has 1 atom stereocenters. The molecule has 0 spiro atoms. The third-order valence-corrected chi connectivity index (χ3v) is 4.54. The van der Waals surface area contributed by atoms with Gasteiger partial charge in [-0.25, -0.2) is 0 Å². The maximum Gasteiger partial charge on any atom is 0.259 e. The number of nitrogen functional groups attached to an aromatic ring is 1. The Labute approximate surface area is 125 Å². The second-order valence-electron chi connectivity index (χ2n) is 6.32. The SMILES string of the molecule is CC(C)N1CCC(Cn2c(N)cc3ccccc3c2=O)C1. The van der Waals surface area contributed by atoms with Crippen LogP contribution < -0.4 is 11.3 Å². The van der Waals surface area contributed by atoms with Crippen LogP contribution >= 0.6 is 0 Å². The molecule has 0 radical (unpaired) electrons. The third kappa shape index (κ3) is 2.68. The van der Waals surface area contributed by atoms with Gasteiger partial charge < -0.3 is 10.6 Å². The fraction of sp³-hybridized carbons (Fsp3) is 0.471. The first-order valence-electron chi connectivity index (χ1n) is 7.68. The number of benzene rings is 1. The number of aromatic nitrogens is 1. The van der Waals surface area contributed by atoms with Crippen molar-refractivity contribution in [3.8, 4) is 0 Å². The highest BCUT2D eigenvalue weighted by Gasteiger charge is 2.25. The van der Waals surface area contributed by atoms with Gasteiger partial charge in [0.05, 0.1) is 0 Å². The van der Waals surface area contributed by atoms with Crippen molar-refractivity contribution in [3.63, 3.8) is 0 Å². The lowest BCUT2D eigenvalue weighted by Gasteiger charge is -2.21. The Balaban J connectivity index is 1.89. The molecular weight excluding hydrogens is 262 g/mol. The van der Waals surface area contributed by atoms with E-state index in [1.165, 1.54) is 0 Å². The van der Waals surface area contributed by atoms with Crippen molar-refractivity contribution >= 4 is 16.6 Å². The number of nitrogens with two attached hydrogens (primary N) is 1. The molecule has 2 N–H and O–H groups in total. The van der Waals surface area contributed by atoms with E-state index in [1.54, 1.807) is 4.57 Å². The van der Waals surface area contributed by atoms with E-state index in [9.17, 15) is 4.79 Å². The van der Waals surface area contributed by atoms with Crippen molar-refractivity contribution in [1.29, 1.82) is 0 Å². The molecule has 0 amide bonds. The number of likely N-dealkylation sites (tertiary alicyclic amines) is 1. The second kappa shape index (κ2) is 5.53. The Morgan fingerprint density at radius 1 is 1.33 bits per heavy atom. The van der Waals surface area contributed by atoms with Crippen LogP contribution in [0.3, 0.4) is 0 Å². The molecule has 1 aromatic carbocycles. The molecule has 1 fully saturated rings. The first kappa shape index (κ1) is 14.1. The van der Waals surface area contributed by atoms with Gasteiger partial charge in [0.2, 0.25) is 0 Å². The van der Waals surface area contributed by atoms with Gasteiger partial charge in [0.25, 0.3) is 5.56 Å². The van der Waals surface area contributed by atoms with Crippen LogP contribution in [0.4, 0.5) is 5.82 Å². The van der Waals surface area contributed by atoms with Crippen LogP contribution in [0.5, 0.6) is 0 Å².